The van der Waals surface area contributed by atoms with Crippen LogP contribution in [0.25, 0.3) is 17.8 Å². The lowest BCUT2D eigenvalue weighted by Crippen LogP contribution is -2.45. The van der Waals surface area contributed by atoms with E-state index in [1.54, 1.807) is 12.2 Å². The molecule has 0 saturated carbocycles. The maximum absolute atomic E-state index is 12.5. The van der Waals surface area contributed by atoms with Crippen LogP contribution in [0.15, 0.2) is 25.3 Å². The number of nitrogens with zero attached hydrogens (tertiary/aromatic N) is 4. The van der Waals surface area contributed by atoms with Gasteiger partial charge in [0.2, 0.25) is 5.91 Å². The lowest BCUT2D eigenvalue weighted by molar-refractivity contribution is -0.906. The predicted octanol–water partition coefficient (Wildman–Crippen LogP) is 4.01. The molecule has 0 aliphatic carbocycles. The van der Waals surface area contributed by atoms with E-state index in [0.717, 1.165) is 55.9 Å². The van der Waals surface area contributed by atoms with E-state index in [0.29, 0.717) is 36.5 Å². The van der Waals surface area contributed by atoms with Crippen LogP contribution < -0.4 is 5.32 Å². The Balaban J connectivity index is 0.00000106. The highest BCUT2D eigenvalue weighted by Crippen LogP contribution is 2.36. The maximum Gasteiger partial charge on any atom is 0.399 e. The third-order valence-corrected chi connectivity index (χ3v) is 7.82. The number of hydrogen-bond acceptors (Lipinski definition) is 8. The van der Waals surface area contributed by atoms with E-state index in [9.17, 15) is 18.3 Å². The molecule has 2 aromatic rings. The minimum atomic E-state index is -3.66. The molecule has 230 valence electrons. The Hall–Kier alpha value is -3.06. The van der Waals surface area contributed by atoms with Crippen LogP contribution in [0.4, 0.5) is 0 Å². The van der Waals surface area contributed by atoms with Crippen molar-refractivity contribution in [2.75, 3.05) is 47.4 Å². The first kappa shape index (κ1) is 36.0. The van der Waals surface area contributed by atoms with Crippen molar-refractivity contribution < 1.29 is 31.2 Å². The average molecular weight is 595 g/mol. The fourth-order valence-corrected chi connectivity index (χ4v) is 4.05. The zero-order chi connectivity index (χ0) is 31.4. The SMILES string of the molecule is C=Cc1nn(-c2cc(CCC(=O)NCCC[N+](C)(CC)CC)cc(C(C)(C)C)c2O)nc1C=C.COS(=O)(=O)OC. The lowest BCUT2D eigenvalue weighted by Gasteiger charge is -2.32. The molecule has 1 heterocycles. The van der Waals surface area contributed by atoms with Gasteiger partial charge in [0.1, 0.15) is 22.8 Å². The zero-order valence-corrected chi connectivity index (χ0v) is 26.7. The summed E-state index contributed by atoms with van der Waals surface area (Å²) >= 11 is 0. The third-order valence-electron chi connectivity index (χ3n) is 7.00. The van der Waals surface area contributed by atoms with Crippen molar-refractivity contribution in [2.24, 2.45) is 0 Å². The summed E-state index contributed by atoms with van der Waals surface area (Å²) in [6, 6.07) is 3.83. The van der Waals surface area contributed by atoms with Gasteiger partial charge in [-0.15, -0.1) is 15.0 Å². The van der Waals surface area contributed by atoms with Gasteiger partial charge in [0, 0.05) is 24.9 Å². The summed E-state index contributed by atoms with van der Waals surface area (Å²) in [5.74, 6) is 0.171. The highest BCUT2D eigenvalue weighted by Gasteiger charge is 2.24. The van der Waals surface area contributed by atoms with Gasteiger partial charge in [0.05, 0.1) is 40.9 Å². The number of quaternary nitrogens is 1. The van der Waals surface area contributed by atoms with Crippen molar-refractivity contribution in [1.29, 1.82) is 0 Å². The van der Waals surface area contributed by atoms with Gasteiger partial charge in [-0.05, 0) is 49.5 Å². The summed E-state index contributed by atoms with van der Waals surface area (Å²) in [4.78, 5) is 13.9. The van der Waals surface area contributed by atoms with Crippen LogP contribution in [-0.4, -0.2) is 86.4 Å². The normalized spacial score (nSPS) is 11.9. The molecule has 0 atom stereocenters. The second-order valence-corrected chi connectivity index (χ2v) is 12.3. The number of aromatic hydroxyl groups is 1. The van der Waals surface area contributed by atoms with Gasteiger partial charge >= 0.3 is 10.4 Å². The minimum absolute atomic E-state index is 0.0363. The molecule has 0 spiro atoms. The third kappa shape index (κ3) is 11.0. The number of carbonyl (C=O) groups is 1. The molecule has 0 bridgehead atoms. The van der Waals surface area contributed by atoms with E-state index in [-0.39, 0.29) is 17.1 Å². The van der Waals surface area contributed by atoms with Crippen molar-refractivity contribution in [2.45, 2.75) is 59.3 Å². The van der Waals surface area contributed by atoms with Crippen LogP contribution in [-0.2, 0) is 35.4 Å². The Morgan fingerprint density at radius 1 is 1.10 bits per heavy atom. The monoisotopic (exact) mass is 594 g/mol. The van der Waals surface area contributed by atoms with Crippen molar-refractivity contribution in [3.63, 3.8) is 0 Å². The Morgan fingerprint density at radius 2 is 1.63 bits per heavy atom. The number of amides is 1. The standard InChI is InChI=1S/C27H41N5O2.C2H6O4S/c1-9-22-23(10-2)30-31(29-22)24-19-20(18-21(26(24)34)27(5,6)7)14-15-25(33)28-16-13-17-32(8,11-3)12-4;1-5-7(3,4)6-2/h9-10,18-19H,1-2,11-17H2,3-8H3,(H-,28,33,34);1-2H3/p+1. The molecule has 2 rings (SSSR count). The summed E-state index contributed by atoms with van der Waals surface area (Å²) in [7, 11) is 0.647. The highest BCUT2D eigenvalue weighted by atomic mass is 32.3. The summed E-state index contributed by atoms with van der Waals surface area (Å²) in [6.45, 7) is 22.0. The van der Waals surface area contributed by atoms with Gasteiger partial charge in [0.15, 0.2) is 0 Å². The quantitative estimate of drug-likeness (QED) is 0.248. The average Bonchev–Trinajstić information content (AvgIpc) is 3.37. The van der Waals surface area contributed by atoms with Gasteiger partial charge in [-0.3, -0.25) is 13.2 Å². The molecule has 0 saturated heterocycles. The molecular weight excluding hydrogens is 546 g/mol. The van der Waals surface area contributed by atoms with E-state index in [1.807, 2.05) is 32.9 Å². The van der Waals surface area contributed by atoms with Crippen LogP contribution in [0.5, 0.6) is 5.75 Å². The van der Waals surface area contributed by atoms with Crippen molar-refractivity contribution in [1.82, 2.24) is 20.3 Å². The van der Waals surface area contributed by atoms with Crippen LogP contribution in [0.3, 0.4) is 0 Å². The first-order chi connectivity index (χ1) is 19.1. The molecule has 11 nitrogen and oxygen atoms in total. The molecule has 1 aromatic carbocycles. The first-order valence-electron chi connectivity index (χ1n) is 13.7. The van der Waals surface area contributed by atoms with Crippen molar-refractivity contribution in [3.05, 3.63) is 47.8 Å². The minimum Gasteiger partial charge on any atom is -0.505 e. The van der Waals surface area contributed by atoms with Crippen LogP contribution in [0, 0.1) is 0 Å². The summed E-state index contributed by atoms with van der Waals surface area (Å²) in [5.41, 5.74) is 3.11. The van der Waals surface area contributed by atoms with Gasteiger partial charge < -0.3 is 14.9 Å². The fraction of sp³-hybridized carbons (Fsp3) is 0.552. The smallest absolute Gasteiger partial charge is 0.399 e. The van der Waals surface area contributed by atoms with E-state index >= 15 is 0 Å². The van der Waals surface area contributed by atoms with Crippen molar-refractivity contribution >= 4 is 28.5 Å². The summed E-state index contributed by atoms with van der Waals surface area (Å²) in [6.07, 6.45) is 5.12. The number of phenolic OH excluding ortho intramolecular Hbond substituents is 1. The van der Waals surface area contributed by atoms with E-state index < -0.39 is 10.4 Å². The number of nitrogens with one attached hydrogen (secondary N) is 1. The lowest BCUT2D eigenvalue weighted by atomic mass is 9.84. The number of rotatable bonds is 14. The number of hydrogen-bond donors (Lipinski definition) is 2. The van der Waals surface area contributed by atoms with Crippen LogP contribution in [0.1, 0.15) is 70.0 Å². The predicted molar refractivity (Wildman–Crippen MR) is 163 cm³/mol. The molecule has 0 unspecified atom stereocenters. The van der Waals surface area contributed by atoms with Crippen LogP contribution in [0.2, 0.25) is 0 Å². The molecular formula is C29H48N5O6S+. The van der Waals surface area contributed by atoms with E-state index in [2.05, 4.69) is 57.9 Å². The molecule has 0 aliphatic rings. The number of phenols is 1. The fourth-order valence-electron chi connectivity index (χ4n) is 3.92. The molecule has 1 aromatic heterocycles. The van der Waals surface area contributed by atoms with Gasteiger partial charge in [-0.25, -0.2) is 0 Å². The molecule has 2 N–H and O–H groups in total. The van der Waals surface area contributed by atoms with Gasteiger partial charge in [-0.2, -0.15) is 8.42 Å². The topological polar surface area (TPSA) is 133 Å². The molecule has 1 amide bonds. The van der Waals surface area contributed by atoms with E-state index in [1.165, 1.54) is 4.80 Å². The Kier molecular flexibility index (Phi) is 13.9. The molecule has 0 aliphatic heterocycles. The number of benzene rings is 1. The number of aryl methyl sites for hydroxylation is 1. The highest BCUT2D eigenvalue weighted by molar-refractivity contribution is 7.81. The largest absolute Gasteiger partial charge is 0.505 e. The molecule has 0 fully saturated rings. The van der Waals surface area contributed by atoms with Gasteiger partial charge in [-0.1, -0.05) is 40.0 Å². The second kappa shape index (κ2) is 15.8. The second-order valence-electron chi connectivity index (χ2n) is 10.8. The summed E-state index contributed by atoms with van der Waals surface area (Å²) < 4.78 is 28.5. The van der Waals surface area contributed by atoms with Gasteiger partial charge in [0.25, 0.3) is 0 Å². The molecule has 41 heavy (non-hydrogen) atoms. The Labute approximate surface area is 245 Å². The molecule has 12 heteroatoms. The Bertz CT molecular complexity index is 1240. The first-order valence-corrected chi connectivity index (χ1v) is 15.0. The van der Waals surface area contributed by atoms with Crippen molar-refractivity contribution in [3.8, 4) is 11.4 Å². The summed E-state index contributed by atoms with van der Waals surface area (Å²) in [5, 5.41) is 23.0. The molecule has 0 radical (unpaired) electrons. The van der Waals surface area contributed by atoms with Crippen LogP contribution >= 0.6 is 0 Å². The number of aromatic nitrogens is 3. The maximum atomic E-state index is 12.5. The van der Waals surface area contributed by atoms with E-state index in [4.69, 9.17) is 0 Å². The number of carbonyl (C=O) groups excluding carboxylic acids is 1. The Morgan fingerprint density at radius 3 is 2.05 bits per heavy atom. The zero-order valence-electron chi connectivity index (χ0n) is 25.9.